The first kappa shape index (κ1) is 13.5. The highest BCUT2D eigenvalue weighted by molar-refractivity contribution is 5.66. The van der Waals surface area contributed by atoms with Gasteiger partial charge in [-0.25, -0.2) is 0 Å². The van der Waals surface area contributed by atoms with Gasteiger partial charge in [-0.3, -0.25) is 4.79 Å². The molecule has 92 valence electrons. The molecule has 0 saturated carbocycles. The number of hydrogen-bond donors (Lipinski definition) is 0. The lowest BCUT2D eigenvalue weighted by Crippen LogP contribution is -2.07. The second kappa shape index (κ2) is 6.24. The molecule has 0 aliphatic carbocycles. The van der Waals surface area contributed by atoms with Crippen molar-refractivity contribution in [2.45, 2.75) is 27.7 Å². The Hall–Kier alpha value is -1.57. The van der Waals surface area contributed by atoms with Gasteiger partial charge in [0.1, 0.15) is 6.61 Å². The van der Waals surface area contributed by atoms with Crippen molar-refractivity contribution in [2.24, 2.45) is 5.92 Å². The highest BCUT2D eigenvalue weighted by Crippen LogP contribution is 2.15. The molecule has 0 radical (unpaired) electrons. The lowest BCUT2D eigenvalue weighted by molar-refractivity contribution is -0.140. The molecular formula is C15H20O2. The molecule has 1 aromatic carbocycles. The maximum Gasteiger partial charge on any atom is 0.302 e. The molecule has 2 heteroatoms. The topological polar surface area (TPSA) is 26.3 Å². The third kappa shape index (κ3) is 4.85. The molecule has 0 N–H and O–H groups in total. The molecule has 0 spiro atoms. The minimum Gasteiger partial charge on any atom is -0.461 e. The average molecular weight is 232 g/mol. The highest BCUT2D eigenvalue weighted by Gasteiger charge is 2.05. The van der Waals surface area contributed by atoms with Gasteiger partial charge in [0.05, 0.1) is 0 Å². The van der Waals surface area contributed by atoms with E-state index in [1.54, 1.807) is 0 Å². The van der Waals surface area contributed by atoms with E-state index in [9.17, 15) is 4.79 Å². The zero-order valence-corrected chi connectivity index (χ0v) is 11.0. The predicted octanol–water partition coefficient (Wildman–Crippen LogP) is 3.60. The van der Waals surface area contributed by atoms with E-state index in [-0.39, 0.29) is 5.97 Å². The number of benzene rings is 1. The molecule has 0 atom stereocenters. The van der Waals surface area contributed by atoms with Crippen molar-refractivity contribution in [3.63, 3.8) is 0 Å². The Bertz CT molecular complexity index is 399. The first-order valence-electron chi connectivity index (χ1n) is 5.89. The summed E-state index contributed by atoms with van der Waals surface area (Å²) in [5.74, 6) is 0.135. The van der Waals surface area contributed by atoms with Crippen LogP contribution in [0.5, 0.6) is 0 Å². The first-order chi connectivity index (χ1) is 7.99. The molecule has 0 heterocycles. The Morgan fingerprint density at radius 1 is 1.29 bits per heavy atom. The van der Waals surface area contributed by atoms with Crippen LogP contribution < -0.4 is 0 Å². The van der Waals surface area contributed by atoms with Gasteiger partial charge in [-0.2, -0.15) is 0 Å². The molecule has 0 aliphatic rings. The van der Waals surface area contributed by atoms with E-state index in [4.69, 9.17) is 4.74 Å². The van der Waals surface area contributed by atoms with Crippen molar-refractivity contribution >= 4 is 12.0 Å². The second-order valence-electron chi connectivity index (χ2n) is 4.56. The van der Waals surface area contributed by atoms with Crippen LogP contribution in [0.4, 0.5) is 0 Å². The van der Waals surface area contributed by atoms with Crippen LogP contribution in [-0.4, -0.2) is 12.6 Å². The molecule has 0 saturated heterocycles. The van der Waals surface area contributed by atoms with Crippen molar-refractivity contribution in [2.75, 3.05) is 6.61 Å². The molecule has 0 aliphatic heterocycles. The lowest BCUT2D eigenvalue weighted by atomic mass is 10.0. The Morgan fingerprint density at radius 3 is 2.35 bits per heavy atom. The molecule has 1 rings (SSSR count). The van der Waals surface area contributed by atoms with Gasteiger partial charge < -0.3 is 4.74 Å². The van der Waals surface area contributed by atoms with Crippen LogP contribution in [0, 0.1) is 12.8 Å². The second-order valence-corrected chi connectivity index (χ2v) is 4.56. The molecule has 1 aromatic rings. The van der Waals surface area contributed by atoms with E-state index in [1.165, 1.54) is 12.5 Å². The van der Waals surface area contributed by atoms with Gasteiger partial charge >= 0.3 is 5.97 Å². The van der Waals surface area contributed by atoms with Crippen molar-refractivity contribution in [1.29, 1.82) is 0 Å². The van der Waals surface area contributed by atoms with Crippen molar-refractivity contribution in [1.82, 2.24) is 0 Å². The van der Waals surface area contributed by atoms with E-state index in [2.05, 4.69) is 51.1 Å². The maximum atomic E-state index is 10.8. The maximum absolute atomic E-state index is 10.8. The smallest absolute Gasteiger partial charge is 0.302 e. The van der Waals surface area contributed by atoms with E-state index in [0.29, 0.717) is 12.5 Å². The van der Waals surface area contributed by atoms with Gasteiger partial charge in [0.2, 0.25) is 0 Å². The fourth-order valence-electron chi connectivity index (χ4n) is 1.44. The van der Waals surface area contributed by atoms with Gasteiger partial charge in [0.15, 0.2) is 0 Å². The van der Waals surface area contributed by atoms with Gasteiger partial charge in [-0.15, -0.1) is 0 Å². The molecule has 0 bridgehead atoms. The molecule has 17 heavy (non-hydrogen) atoms. The first-order valence-corrected chi connectivity index (χ1v) is 5.89. The van der Waals surface area contributed by atoms with Crippen molar-refractivity contribution in [3.05, 3.63) is 41.0 Å². The Kier molecular flexibility index (Phi) is 4.95. The summed E-state index contributed by atoms with van der Waals surface area (Å²) in [5.41, 5.74) is 3.52. The number of carbonyl (C=O) groups excluding carboxylic acids is 1. The highest BCUT2D eigenvalue weighted by atomic mass is 16.5. The zero-order valence-electron chi connectivity index (χ0n) is 11.0. The van der Waals surface area contributed by atoms with E-state index < -0.39 is 0 Å². The Morgan fingerprint density at radius 2 is 1.88 bits per heavy atom. The quantitative estimate of drug-likeness (QED) is 0.741. The fraction of sp³-hybridized carbons (Fsp3) is 0.400. The minimum atomic E-state index is -0.236. The van der Waals surface area contributed by atoms with Crippen LogP contribution in [0.3, 0.4) is 0 Å². The van der Waals surface area contributed by atoms with Crippen molar-refractivity contribution in [3.8, 4) is 0 Å². The number of esters is 1. The van der Waals surface area contributed by atoms with Crippen LogP contribution in [0.2, 0.25) is 0 Å². The fourth-order valence-corrected chi connectivity index (χ4v) is 1.44. The Labute approximate surface area is 103 Å². The van der Waals surface area contributed by atoms with Gasteiger partial charge in [-0.1, -0.05) is 49.8 Å². The third-order valence-corrected chi connectivity index (χ3v) is 2.61. The van der Waals surface area contributed by atoms with E-state index in [1.807, 2.05) is 0 Å². The van der Waals surface area contributed by atoms with E-state index in [0.717, 1.165) is 11.1 Å². The standard InChI is InChI=1S/C15H20O2/c1-11(2)15(10-17-13(4)16)9-14-7-5-12(3)6-8-14/h5-9,11H,10H2,1-4H3. The summed E-state index contributed by atoms with van der Waals surface area (Å²) in [7, 11) is 0. The summed E-state index contributed by atoms with van der Waals surface area (Å²) in [4.78, 5) is 10.8. The molecule has 0 amide bonds. The SMILES string of the molecule is CC(=O)OCC(=Cc1ccc(C)cc1)C(C)C. The summed E-state index contributed by atoms with van der Waals surface area (Å²) in [5, 5.41) is 0. The number of aryl methyl sites for hydroxylation is 1. The molecule has 0 unspecified atom stereocenters. The van der Waals surface area contributed by atoms with Crippen molar-refractivity contribution < 1.29 is 9.53 Å². The molecule has 2 nitrogen and oxygen atoms in total. The normalized spacial score (nSPS) is 11.7. The van der Waals surface area contributed by atoms with Crippen LogP contribution >= 0.6 is 0 Å². The largest absolute Gasteiger partial charge is 0.461 e. The van der Waals surface area contributed by atoms with Crippen LogP contribution in [-0.2, 0) is 9.53 Å². The Balaban J connectivity index is 2.82. The summed E-state index contributed by atoms with van der Waals surface area (Å²) in [6, 6.07) is 8.31. The van der Waals surface area contributed by atoms with Gasteiger partial charge in [0.25, 0.3) is 0 Å². The molecular weight excluding hydrogens is 212 g/mol. The predicted molar refractivity (Wildman–Crippen MR) is 70.6 cm³/mol. The summed E-state index contributed by atoms with van der Waals surface area (Å²) in [6.45, 7) is 8.08. The number of carbonyl (C=O) groups is 1. The number of ether oxygens (including phenoxy) is 1. The number of hydrogen-bond acceptors (Lipinski definition) is 2. The van der Waals surface area contributed by atoms with Gasteiger partial charge in [0, 0.05) is 6.92 Å². The van der Waals surface area contributed by atoms with E-state index >= 15 is 0 Å². The van der Waals surface area contributed by atoms with Crippen LogP contribution in [0.1, 0.15) is 31.9 Å². The summed E-state index contributed by atoms with van der Waals surface area (Å²) >= 11 is 0. The molecule has 0 fully saturated rings. The average Bonchev–Trinajstić information content (AvgIpc) is 2.26. The zero-order chi connectivity index (χ0) is 12.8. The van der Waals surface area contributed by atoms with Gasteiger partial charge in [-0.05, 0) is 24.0 Å². The third-order valence-electron chi connectivity index (χ3n) is 2.61. The van der Waals surface area contributed by atoms with Crippen LogP contribution in [0.15, 0.2) is 29.8 Å². The summed E-state index contributed by atoms with van der Waals surface area (Å²) < 4.78 is 5.05. The van der Waals surface area contributed by atoms with Crippen LogP contribution in [0.25, 0.3) is 6.08 Å². The summed E-state index contributed by atoms with van der Waals surface area (Å²) in [6.07, 6.45) is 2.09. The lowest BCUT2D eigenvalue weighted by Gasteiger charge is -2.11. The number of rotatable bonds is 4. The molecule has 0 aromatic heterocycles. The monoisotopic (exact) mass is 232 g/mol. The minimum absolute atomic E-state index is 0.236.